The number of fused-ring (bicyclic) bond motifs is 2. The molecule has 3 fully saturated rings. The molecule has 0 aromatic heterocycles. The summed E-state index contributed by atoms with van der Waals surface area (Å²) >= 11 is 0. The van der Waals surface area contributed by atoms with Crippen molar-refractivity contribution >= 4 is 0 Å². The maximum absolute atomic E-state index is 5.59. The first kappa shape index (κ1) is 5.69. The highest BCUT2D eigenvalue weighted by atomic mass is 16.5. The average molecular weight is 127 g/mol. The molecule has 52 valence electrons. The van der Waals surface area contributed by atoms with E-state index in [0.29, 0.717) is 12.3 Å². The van der Waals surface area contributed by atoms with Crippen molar-refractivity contribution in [2.45, 2.75) is 38.1 Å². The molecule has 0 aromatic carbocycles. The summed E-state index contributed by atoms with van der Waals surface area (Å²) in [6.45, 7) is 2.12. The maximum Gasteiger partial charge on any atom is 0.108 e. The second-order valence-corrected chi connectivity index (χ2v) is 3.15. The van der Waals surface area contributed by atoms with Gasteiger partial charge in [-0.15, -0.1) is 0 Å². The van der Waals surface area contributed by atoms with Gasteiger partial charge in [0.1, 0.15) is 6.23 Å². The lowest BCUT2D eigenvalue weighted by Gasteiger charge is -2.50. The summed E-state index contributed by atoms with van der Waals surface area (Å²) in [6.07, 6.45) is 3.49. The molecule has 2 aliphatic heterocycles. The van der Waals surface area contributed by atoms with Crippen LogP contribution >= 0.6 is 0 Å². The molecule has 1 unspecified atom stereocenters. The number of ether oxygens (including phenoxy) is 1. The van der Waals surface area contributed by atoms with Crippen LogP contribution in [0.25, 0.3) is 0 Å². The maximum atomic E-state index is 5.59. The first-order chi connectivity index (χ1) is 4.27. The third-order valence-electron chi connectivity index (χ3n) is 2.61. The van der Waals surface area contributed by atoms with Gasteiger partial charge in [0.15, 0.2) is 0 Å². The molecule has 2 saturated heterocycles. The second kappa shape index (κ2) is 1.70. The highest BCUT2D eigenvalue weighted by molar-refractivity contribution is 4.91. The minimum atomic E-state index is 0.363. The van der Waals surface area contributed by atoms with Gasteiger partial charge < -0.3 is 4.74 Å². The van der Waals surface area contributed by atoms with Crippen molar-refractivity contribution in [2.24, 2.45) is 0 Å². The van der Waals surface area contributed by atoms with Crippen LogP contribution in [0, 0.1) is 0 Å². The molecule has 2 bridgehead atoms. The zero-order valence-electron chi connectivity index (χ0n) is 6.00. The van der Waals surface area contributed by atoms with Gasteiger partial charge in [-0.05, 0) is 26.8 Å². The van der Waals surface area contributed by atoms with E-state index in [2.05, 4.69) is 18.9 Å². The molecule has 2 heteroatoms. The van der Waals surface area contributed by atoms with Crippen LogP contribution in [0.1, 0.15) is 19.8 Å². The Morgan fingerprint density at radius 3 is 2.44 bits per heavy atom. The van der Waals surface area contributed by atoms with Gasteiger partial charge in [0.2, 0.25) is 0 Å². The largest absolute Gasteiger partial charge is 0.360 e. The quantitative estimate of drug-likeness (QED) is 0.478. The van der Waals surface area contributed by atoms with E-state index in [0.717, 1.165) is 6.04 Å². The van der Waals surface area contributed by atoms with Gasteiger partial charge >= 0.3 is 0 Å². The Morgan fingerprint density at radius 1 is 1.44 bits per heavy atom. The molecular formula is C7H13NO. The first-order valence-corrected chi connectivity index (χ1v) is 3.65. The molecule has 0 aromatic rings. The molecule has 0 amide bonds. The Balaban J connectivity index is 2.04. The van der Waals surface area contributed by atoms with E-state index >= 15 is 0 Å². The first-order valence-electron chi connectivity index (χ1n) is 3.65. The summed E-state index contributed by atoms with van der Waals surface area (Å²) in [4.78, 5) is 2.32. The van der Waals surface area contributed by atoms with Crippen molar-refractivity contribution in [3.63, 3.8) is 0 Å². The Bertz CT molecular complexity index is 118. The number of hydrogen-bond donors (Lipinski definition) is 0. The number of rotatable bonds is 0. The van der Waals surface area contributed by atoms with Crippen LogP contribution in [0.15, 0.2) is 0 Å². The lowest BCUT2D eigenvalue weighted by Crippen LogP contribution is -2.58. The number of nitrogens with zero attached hydrogens (tertiary/aromatic N) is 1. The minimum absolute atomic E-state index is 0.363. The highest BCUT2D eigenvalue weighted by Crippen LogP contribution is 2.35. The summed E-state index contributed by atoms with van der Waals surface area (Å²) in [7, 11) is 2.14. The van der Waals surface area contributed by atoms with Crippen LogP contribution in [-0.4, -0.2) is 30.3 Å². The van der Waals surface area contributed by atoms with Crippen LogP contribution in [0.4, 0.5) is 0 Å². The van der Waals surface area contributed by atoms with Crippen LogP contribution in [0.3, 0.4) is 0 Å². The van der Waals surface area contributed by atoms with E-state index in [1.54, 1.807) is 0 Å². The molecule has 0 N–H and O–H groups in total. The van der Waals surface area contributed by atoms with Gasteiger partial charge in [0.05, 0.1) is 6.10 Å². The fourth-order valence-corrected chi connectivity index (χ4v) is 1.65. The summed E-state index contributed by atoms with van der Waals surface area (Å²) in [5.74, 6) is 0. The molecule has 2 heterocycles. The Kier molecular flexibility index (Phi) is 1.08. The highest BCUT2D eigenvalue weighted by Gasteiger charge is 2.41. The van der Waals surface area contributed by atoms with E-state index in [4.69, 9.17) is 4.74 Å². The molecule has 3 aliphatic rings. The zero-order valence-corrected chi connectivity index (χ0v) is 6.00. The predicted molar refractivity (Wildman–Crippen MR) is 35.1 cm³/mol. The number of hydrogen-bond acceptors (Lipinski definition) is 2. The van der Waals surface area contributed by atoms with Crippen molar-refractivity contribution < 1.29 is 4.74 Å². The molecule has 1 atom stereocenters. The molecule has 1 saturated carbocycles. The van der Waals surface area contributed by atoms with Gasteiger partial charge in [-0.25, -0.2) is 0 Å². The molecule has 0 radical (unpaired) electrons. The van der Waals surface area contributed by atoms with Crippen LogP contribution in [0.2, 0.25) is 0 Å². The van der Waals surface area contributed by atoms with Gasteiger partial charge in [-0.1, -0.05) is 0 Å². The smallest absolute Gasteiger partial charge is 0.108 e. The predicted octanol–water partition coefficient (Wildman–Crippen LogP) is 0.825. The fraction of sp³-hybridized carbons (Fsp3) is 1.00. The van der Waals surface area contributed by atoms with Gasteiger partial charge in [0.25, 0.3) is 0 Å². The van der Waals surface area contributed by atoms with Gasteiger partial charge in [-0.2, -0.15) is 0 Å². The second-order valence-electron chi connectivity index (χ2n) is 3.15. The third kappa shape index (κ3) is 0.700. The van der Waals surface area contributed by atoms with Crippen molar-refractivity contribution in [2.75, 3.05) is 7.05 Å². The third-order valence-corrected chi connectivity index (χ3v) is 2.61. The average Bonchev–Trinajstić information content (AvgIpc) is 1.72. The summed E-state index contributed by atoms with van der Waals surface area (Å²) in [5.41, 5.74) is 0. The Hall–Kier alpha value is -0.0800. The van der Waals surface area contributed by atoms with Crippen molar-refractivity contribution in [1.29, 1.82) is 0 Å². The lowest BCUT2D eigenvalue weighted by atomic mass is 9.86. The van der Waals surface area contributed by atoms with E-state index in [9.17, 15) is 0 Å². The summed E-state index contributed by atoms with van der Waals surface area (Å²) in [5, 5.41) is 0. The molecule has 0 spiro atoms. The topological polar surface area (TPSA) is 12.5 Å². The Morgan fingerprint density at radius 2 is 2.11 bits per heavy atom. The zero-order chi connectivity index (χ0) is 6.43. The normalized spacial score (nSPS) is 50.7. The molecule has 9 heavy (non-hydrogen) atoms. The van der Waals surface area contributed by atoms with E-state index < -0.39 is 0 Å². The lowest BCUT2D eigenvalue weighted by molar-refractivity contribution is -0.205. The molecule has 3 rings (SSSR count). The molecular weight excluding hydrogens is 114 g/mol. The van der Waals surface area contributed by atoms with Crippen LogP contribution in [0.5, 0.6) is 0 Å². The SMILES string of the molecule is CC1OC2CC(C2)N1C. The minimum Gasteiger partial charge on any atom is -0.360 e. The van der Waals surface area contributed by atoms with E-state index in [-0.39, 0.29) is 0 Å². The van der Waals surface area contributed by atoms with Gasteiger partial charge in [-0.3, -0.25) is 4.90 Å². The summed E-state index contributed by atoms with van der Waals surface area (Å²) < 4.78 is 5.59. The fourth-order valence-electron chi connectivity index (χ4n) is 1.65. The van der Waals surface area contributed by atoms with Crippen LogP contribution in [-0.2, 0) is 4.74 Å². The monoisotopic (exact) mass is 127 g/mol. The van der Waals surface area contributed by atoms with E-state index in [1.165, 1.54) is 12.8 Å². The van der Waals surface area contributed by atoms with Crippen molar-refractivity contribution in [3.8, 4) is 0 Å². The Labute approximate surface area is 55.8 Å². The van der Waals surface area contributed by atoms with E-state index in [1.807, 2.05) is 0 Å². The van der Waals surface area contributed by atoms with Crippen molar-refractivity contribution in [1.82, 2.24) is 4.90 Å². The van der Waals surface area contributed by atoms with Gasteiger partial charge in [0, 0.05) is 6.04 Å². The van der Waals surface area contributed by atoms with Crippen LogP contribution < -0.4 is 0 Å². The van der Waals surface area contributed by atoms with Crippen molar-refractivity contribution in [3.05, 3.63) is 0 Å². The summed E-state index contributed by atoms with van der Waals surface area (Å²) in [6, 6.07) is 0.832. The standard InChI is InChI=1S/C7H13NO/c1-5-8(2)6-3-7(4-6)9-5/h5-7H,3-4H2,1-2H3. The molecule has 1 aliphatic carbocycles. The molecule has 2 nitrogen and oxygen atoms in total.